The second-order valence-electron chi connectivity index (χ2n) is 5.49. The van der Waals surface area contributed by atoms with E-state index < -0.39 is 11.9 Å². The van der Waals surface area contributed by atoms with Gasteiger partial charge in [0.2, 0.25) is 0 Å². The molecule has 4 nitrogen and oxygen atoms in total. The van der Waals surface area contributed by atoms with Crippen molar-refractivity contribution in [1.29, 1.82) is 0 Å². The van der Waals surface area contributed by atoms with Gasteiger partial charge >= 0.3 is 5.97 Å². The van der Waals surface area contributed by atoms with Crippen LogP contribution in [0.25, 0.3) is 16.8 Å². The monoisotopic (exact) mass is 328 g/mol. The molecule has 0 aliphatic rings. The number of hydrogen-bond acceptors (Lipinski definition) is 2. The van der Waals surface area contributed by atoms with Crippen LogP contribution in [0.1, 0.15) is 22.8 Å². The van der Waals surface area contributed by atoms with E-state index in [9.17, 15) is 13.6 Å². The highest BCUT2D eigenvalue weighted by Crippen LogP contribution is 2.28. The molecule has 0 amide bonds. The molecule has 0 saturated carbocycles. The molecule has 0 bridgehead atoms. The van der Waals surface area contributed by atoms with Crippen molar-refractivity contribution in [3.8, 4) is 16.8 Å². The Morgan fingerprint density at radius 3 is 2.46 bits per heavy atom. The average molecular weight is 328 g/mol. The van der Waals surface area contributed by atoms with Crippen LogP contribution in [0, 0.1) is 0 Å². The Hall–Kier alpha value is -3.02. The van der Waals surface area contributed by atoms with Crippen molar-refractivity contribution in [3.05, 3.63) is 72.1 Å². The molecular weight excluding hydrogens is 314 g/mol. The Kier molecular flexibility index (Phi) is 3.89. The Labute approximate surface area is 137 Å². The first kappa shape index (κ1) is 15.9. The van der Waals surface area contributed by atoms with Gasteiger partial charge in [-0.15, -0.1) is 0 Å². The van der Waals surface area contributed by atoms with Crippen LogP contribution in [-0.4, -0.2) is 20.9 Å². The fourth-order valence-corrected chi connectivity index (χ4v) is 2.35. The summed E-state index contributed by atoms with van der Waals surface area (Å²) in [6.45, 7) is 0.851. The third kappa shape index (κ3) is 3.17. The number of aromatic nitrogens is 2. The van der Waals surface area contributed by atoms with Gasteiger partial charge in [-0.3, -0.25) is 0 Å². The summed E-state index contributed by atoms with van der Waals surface area (Å²) in [5.41, 5.74) is 2.23. The minimum Gasteiger partial charge on any atom is -0.478 e. The van der Waals surface area contributed by atoms with E-state index in [4.69, 9.17) is 5.11 Å². The van der Waals surface area contributed by atoms with E-state index >= 15 is 0 Å². The molecule has 0 unspecified atom stereocenters. The molecule has 0 radical (unpaired) electrons. The Bertz CT molecular complexity index is 881. The molecule has 3 rings (SSSR count). The first-order valence-electron chi connectivity index (χ1n) is 7.22. The van der Waals surface area contributed by atoms with Crippen molar-refractivity contribution >= 4 is 5.97 Å². The summed E-state index contributed by atoms with van der Waals surface area (Å²) >= 11 is 0. The summed E-state index contributed by atoms with van der Waals surface area (Å²) in [6.07, 6.45) is 3.32. The second-order valence-corrected chi connectivity index (χ2v) is 5.49. The first-order chi connectivity index (χ1) is 11.3. The number of carbonyl (C=O) groups is 1. The maximum absolute atomic E-state index is 13.2. The number of carboxylic acid groups (broad SMARTS) is 1. The highest BCUT2D eigenvalue weighted by Gasteiger charge is 2.23. The number of carboxylic acids is 1. The van der Waals surface area contributed by atoms with E-state index in [0.29, 0.717) is 5.69 Å². The summed E-state index contributed by atoms with van der Waals surface area (Å²) in [7, 11) is 0. The Balaban J connectivity index is 1.91. The van der Waals surface area contributed by atoms with Crippen LogP contribution in [0.15, 0.2) is 60.9 Å². The van der Waals surface area contributed by atoms with Gasteiger partial charge in [0.1, 0.15) is 0 Å². The van der Waals surface area contributed by atoms with Crippen molar-refractivity contribution in [2.24, 2.45) is 0 Å². The average Bonchev–Trinajstić information content (AvgIpc) is 3.04. The Morgan fingerprint density at radius 2 is 1.83 bits per heavy atom. The normalized spacial score (nSPS) is 11.5. The zero-order chi connectivity index (χ0) is 17.3. The third-order valence-electron chi connectivity index (χ3n) is 3.66. The molecule has 1 N–H and O–H groups in total. The molecule has 1 heterocycles. The van der Waals surface area contributed by atoms with E-state index in [1.54, 1.807) is 47.4 Å². The summed E-state index contributed by atoms with van der Waals surface area (Å²) in [5.74, 6) is -3.88. The van der Waals surface area contributed by atoms with Crippen molar-refractivity contribution in [1.82, 2.24) is 9.78 Å². The summed E-state index contributed by atoms with van der Waals surface area (Å²) in [5, 5.41) is 13.3. The molecular formula is C18H14F2N2O2. The van der Waals surface area contributed by atoms with E-state index in [1.165, 1.54) is 18.2 Å². The molecule has 0 atom stereocenters. The van der Waals surface area contributed by atoms with Gasteiger partial charge in [-0.1, -0.05) is 24.3 Å². The number of halogens is 2. The van der Waals surface area contributed by atoms with Crippen molar-refractivity contribution < 1.29 is 18.7 Å². The van der Waals surface area contributed by atoms with Gasteiger partial charge in [0, 0.05) is 24.2 Å². The molecule has 24 heavy (non-hydrogen) atoms. The predicted molar refractivity (Wildman–Crippen MR) is 85.5 cm³/mol. The SMILES string of the molecule is CC(F)(F)c1ccc(-n2cc(-c3cccc(C(=O)O)c3)cn2)cc1. The minimum atomic E-state index is -2.88. The van der Waals surface area contributed by atoms with Gasteiger partial charge in [-0.25, -0.2) is 18.3 Å². The number of alkyl halides is 2. The highest BCUT2D eigenvalue weighted by molar-refractivity contribution is 5.89. The largest absolute Gasteiger partial charge is 0.478 e. The van der Waals surface area contributed by atoms with Crippen LogP contribution in [0.2, 0.25) is 0 Å². The van der Waals surface area contributed by atoms with Crippen LogP contribution in [0.5, 0.6) is 0 Å². The smallest absolute Gasteiger partial charge is 0.335 e. The van der Waals surface area contributed by atoms with E-state index in [2.05, 4.69) is 5.10 Å². The quantitative estimate of drug-likeness (QED) is 0.775. The molecule has 0 saturated heterocycles. The van der Waals surface area contributed by atoms with Gasteiger partial charge < -0.3 is 5.11 Å². The fraction of sp³-hybridized carbons (Fsp3) is 0.111. The topological polar surface area (TPSA) is 55.1 Å². The molecule has 6 heteroatoms. The van der Waals surface area contributed by atoms with Crippen LogP contribution in [0.4, 0.5) is 8.78 Å². The molecule has 122 valence electrons. The maximum Gasteiger partial charge on any atom is 0.335 e. The zero-order valence-electron chi connectivity index (χ0n) is 12.8. The lowest BCUT2D eigenvalue weighted by atomic mass is 10.1. The molecule has 0 aliphatic carbocycles. The van der Waals surface area contributed by atoms with Gasteiger partial charge in [0.05, 0.1) is 17.4 Å². The number of hydrogen-bond donors (Lipinski definition) is 1. The third-order valence-corrected chi connectivity index (χ3v) is 3.66. The molecule has 0 aliphatic heterocycles. The maximum atomic E-state index is 13.2. The number of rotatable bonds is 4. The molecule has 0 spiro atoms. The van der Waals surface area contributed by atoms with Crippen molar-refractivity contribution in [2.45, 2.75) is 12.8 Å². The van der Waals surface area contributed by atoms with Gasteiger partial charge in [-0.05, 0) is 29.8 Å². The molecule has 1 aromatic heterocycles. The highest BCUT2D eigenvalue weighted by atomic mass is 19.3. The standard InChI is InChI=1S/C18H14F2N2O2/c1-18(19,20)15-5-7-16(8-6-15)22-11-14(10-21-22)12-3-2-4-13(9-12)17(23)24/h2-11H,1H3,(H,23,24). The predicted octanol–water partition coefficient (Wildman–Crippen LogP) is 4.35. The van der Waals surface area contributed by atoms with Crippen molar-refractivity contribution in [2.75, 3.05) is 0 Å². The lowest BCUT2D eigenvalue weighted by Crippen LogP contribution is -2.06. The van der Waals surface area contributed by atoms with Gasteiger partial charge in [-0.2, -0.15) is 5.10 Å². The Morgan fingerprint density at radius 1 is 1.12 bits per heavy atom. The van der Waals surface area contributed by atoms with Gasteiger partial charge in [0.15, 0.2) is 0 Å². The number of nitrogens with zero attached hydrogens (tertiary/aromatic N) is 2. The van der Waals surface area contributed by atoms with Crippen LogP contribution < -0.4 is 0 Å². The molecule has 2 aromatic carbocycles. The first-order valence-corrected chi connectivity index (χ1v) is 7.22. The van der Waals surface area contributed by atoms with Crippen molar-refractivity contribution in [3.63, 3.8) is 0 Å². The molecule has 0 fully saturated rings. The van der Waals surface area contributed by atoms with Gasteiger partial charge in [0.25, 0.3) is 5.92 Å². The lowest BCUT2D eigenvalue weighted by molar-refractivity contribution is 0.0174. The zero-order valence-corrected chi connectivity index (χ0v) is 12.8. The van der Waals surface area contributed by atoms with E-state index in [1.807, 2.05) is 0 Å². The van der Waals surface area contributed by atoms with Crippen LogP contribution in [-0.2, 0) is 5.92 Å². The van der Waals surface area contributed by atoms with Crippen LogP contribution in [0.3, 0.4) is 0 Å². The summed E-state index contributed by atoms with van der Waals surface area (Å²) in [6, 6.07) is 12.4. The van der Waals surface area contributed by atoms with Crippen LogP contribution >= 0.6 is 0 Å². The number of aromatic carboxylic acids is 1. The van der Waals surface area contributed by atoms with E-state index in [0.717, 1.165) is 18.1 Å². The number of benzene rings is 2. The fourth-order valence-electron chi connectivity index (χ4n) is 2.35. The summed E-state index contributed by atoms with van der Waals surface area (Å²) < 4.78 is 28.0. The summed E-state index contributed by atoms with van der Waals surface area (Å²) in [4.78, 5) is 11.0. The minimum absolute atomic E-state index is 0.0622. The van der Waals surface area contributed by atoms with E-state index in [-0.39, 0.29) is 11.1 Å². The molecule has 3 aromatic rings. The lowest BCUT2D eigenvalue weighted by Gasteiger charge is -2.10. The second kappa shape index (κ2) is 5.88.